The summed E-state index contributed by atoms with van der Waals surface area (Å²) in [5.74, 6) is 2.03. The van der Waals surface area contributed by atoms with Gasteiger partial charge in [-0.05, 0) is 94.5 Å². The summed E-state index contributed by atoms with van der Waals surface area (Å²) < 4.78 is 4.80. The molecule has 0 spiro atoms. The van der Waals surface area contributed by atoms with Crippen molar-refractivity contribution >= 4 is 43.6 Å². The number of rotatable bonds is 6. The minimum atomic E-state index is 0.0900. The Morgan fingerprint density at radius 3 is 1.51 bits per heavy atom. The van der Waals surface area contributed by atoms with E-state index in [1.807, 2.05) is 60.7 Å². The molecule has 0 radical (unpaired) electrons. The molecule has 1 aliphatic rings. The fourth-order valence-corrected chi connectivity index (χ4v) is 10.1. The number of benzene rings is 9. The van der Waals surface area contributed by atoms with E-state index in [2.05, 4.69) is 167 Å². The van der Waals surface area contributed by atoms with Gasteiger partial charge in [-0.3, -0.25) is 0 Å². The number of fused-ring (bicyclic) bond motifs is 10. The van der Waals surface area contributed by atoms with E-state index in [-0.39, 0.29) is 5.92 Å². The summed E-state index contributed by atoms with van der Waals surface area (Å²) in [4.78, 5) is 14.9. The Bertz CT molecular complexity index is 3660. The van der Waals surface area contributed by atoms with Gasteiger partial charge in [0.2, 0.25) is 0 Å². The number of hydrogen-bond acceptors (Lipinski definition) is 3. The van der Waals surface area contributed by atoms with Crippen LogP contribution in [0.25, 0.3) is 100 Å². The van der Waals surface area contributed by atoms with Crippen molar-refractivity contribution in [1.29, 1.82) is 0 Å². The Balaban J connectivity index is 0.959. The number of nitrogens with zero attached hydrogens (tertiary/aromatic N) is 5. The van der Waals surface area contributed by atoms with E-state index < -0.39 is 0 Å². The molecule has 13 rings (SSSR count). The maximum atomic E-state index is 5.00. The second-order valence-corrected chi connectivity index (χ2v) is 16.3. The van der Waals surface area contributed by atoms with Crippen LogP contribution in [-0.4, -0.2) is 24.1 Å². The third-order valence-electron chi connectivity index (χ3n) is 12.9. The molecule has 0 aliphatic heterocycles. The van der Waals surface area contributed by atoms with E-state index in [0.717, 1.165) is 22.4 Å². The quantitative estimate of drug-likeness (QED) is 0.168. The van der Waals surface area contributed by atoms with Gasteiger partial charge in [0.05, 0.1) is 22.1 Å². The first kappa shape index (κ1) is 35.4. The highest BCUT2D eigenvalue weighted by Gasteiger charge is 2.33. The zero-order valence-corrected chi connectivity index (χ0v) is 34.1. The molecule has 0 saturated carbocycles. The summed E-state index contributed by atoms with van der Waals surface area (Å²) in [7, 11) is 0. The number of para-hydroxylation sites is 3. The van der Waals surface area contributed by atoms with Gasteiger partial charge in [-0.25, -0.2) is 15.0 Å². The van der Waals surface area contributed by atoms with Crippen LogP contribution in [0, 0.1) is 0 Å². The predicted octanol–water partition coefficient (Wildman–Crippen LogP) is 14.2. The monoisotopic (exact) mass is 803 g/mol. The molecule has 5 nitrogen and oxygen atoms in total. The minimum absolute atomic E-state index is 0.0900. The molecule has 1 atom stereocenters. The molecule has 294 valence electrons. The Kier molecular flexibility index (Phi) is 7.90. The third kappa shape index (κ3) is 5.53. The molecule has 0 amide bonds. The maximum absolute atomic E-state index is 5.00. The van der Waals surface area contributed by atoms with Crippen LogP contribution in [0.15, 0.2) is 218 Å². The van der Waals surface area contributed by atoms with Gasteiger partial charge < -0.3 is 9.13 Å². The van der Waals surface area contributed by atoms with Crippen LogP contribution >= 0.6 is 0 Å². The van der Waals surface area contributed by atoms with Crippen LogP contribution in [0.5, 0.6) is 0 Å². The first-order valence-corrected chi connectivity index (χ1v) is 21.5. The van der Waals surface area contributed by atoms with Gasteiger partial charge in [0, 0.05) is 55.5 Å². The van der Waals surface area contributed by atoms with E-state index in [1.54, 1.807) is 0 Å². The fourth-order valence-electron chi connectivity index (χ4n) is 10.1. The molecule has 5 heteroatoms. The summed E-state index contributed by atoms with van der Waals surface area (Å²) >= 11 is 0. The zero-order valence-electron chi connectivity index (χ0n) is 34.1. The van der Waals surface area contributed by atoms with Crippen LogP contribution in [0.3, 0.4) is 0 Å². The third-order valence-corrected chi connectivity index (χ3v) is 12.9. The molecular formula is C58H37N5. The fraction of sp³-hybridized carbons (Fsp3) is 0.0172. The Morgan fingerprint density at radius 1 is 0.333 bits per heavy atom. The topological polar surface area (TPSA) is 48.5 Å². The lowest BCUT2D eigenvalue weighted by molar-refractivity contribution is 1.02. The second-order valence-electron chi connectivity index (χ2n) is 16.3. The second kappa shape index (κ2) is 14.1. The van der Waals surface area contributed by atoms with E-state index in [0.29, 0.717) is 17.5 Å². The van der Waals surface area contributed by atoms with Crippen molar-refractivity contribution in [2.45, 2.75) is 5.92 Å². The highest BCUT2D eigenvalue weighted by atomic mass is 15.0. The molecule has 0 saturated heterocycles. The van der Waals surface area contributed by atoms with Crippen LogP contribution in [-0.2, 0) is 0 Å². The number of aromatic nitrogens is 5. The Morgan fingerprint density at radius 2 is 0.825 bits per heavy atom. The average Bonchev–Trinajstić information content (AvgIpc) is 4.00. The van der Waals surface area contributed by atoms with Crippen LogP contribution in [0.2, 0.25) is 0 Å². The largest absolute Gasteiger partial charge is 0.309 e. The van der Waals surface area contributed by atoms with Gasteiger partial charge in [-0.2, -0.15) is 0 Å². The lowest BCUT2D eigenvalue weighted by Crippen LogP contribution is -2.01. The normalized spacial score (nSPS) is 13.2. The van der Waals surface area contributed by atoms with E-state index in [4.69, 9.17) is 15.0 Å². The lowest BCUT2D eigenvalue weighted by atomic mass is 9.88. The Labute approximate surface area is 363 Å². The van der Waals surface area contributed by atoms with Gasteiger partial charge in [-0.15, -0.1) is 0 Å². The molecule has 1 unspecified atom stereocenters. The summed E-state index contributed by atoms with van der Waals surface area (Å²) in [5, 5.41) is 5.05. The molecule has 0 bridgehead atoms. The van der Waals surface area contributed by atoms with Gasteiger partial charge >= 0.3 is 0 Å². The van der Waals surface area contributed by atoms with Crippen molar-refractivity contribution in [3.8, 4) is 56.7 Å². The van der Waals surface area contributed by atoms with E-state index in [1.165, 1.54) is 77.1 Å². The molecule has 3 heterocycles. The summed E-state index contributed by atoms with van der Waals surface area (Å²) in [6, 6.07) is 78.1. The van der Waals surface area contributed by atoms with Crippen molar-refractivity contribution in [3.05, 3.63) is 235 Å². The van der Waals surface area contributed by atoms with Gasteiger partial charge in [0.15, 0.2) is 17.5 Å². The molecule has 9 aromatic carbocycles. The zero-order chi connectivity index (χ0) is 41.4. The molecule has 63 heavy (non-hydrogen) atoms. The molecule has 0 fully saturated rings. The summed E-state index contributed by atoms with van der Waals surface area (Å²) in [6.07, 6.45) is 0. The van der Waals surface area contributed by atoms with Gasteiger partial charge in [-0.1, -0.05) is 152 Å². The van der Waals surface area contributed by atoms with Crippen molar-refractivity contribution in [2.24, 2.45) is 0 Å². The average molecular weight is 804 g/mol. The standard InChI is InChI=1S/C58H37N5/c1-4-16-37(17-5-1)56-59-57(38-18-6-2-7-19-38)61-58(60-56)39-28-31-42(32-29-39)63-50-27-15-13-25-46(50)55-52(63)35-33-47-53(44-23-10-11-24-45(44)54(47)55)40-30-34-51-48(36-40)43-22-12-14-26-49(43)62(51)41-20-8-3-9-21-41/h1-36,53H. The van der Waals surface area contributed by atoms with Crippen molar-refractivity contribution in [1.82, 2.24) is 24.1 Å². The van der Waals surface area contributed by atoms with Crippen molar-refractivity contribution in [3.63, 3.8) is 0 Å². The Hall–Kier alpha value is -8.41. The molecule has 3 aromatic heterocycles. The van der Waals surface area contributed by atoms with Crippen LogP contribution in [0.4, 0.5) is 0 Å². The lowest BCUT2D eigenvalue weighted by Gasteiger charge is -2.16. The number of hydrogen-bond donors (Lipinski definition) is 0. The summed E-state index contributed by atoms with van der Waals surface area (Å²) in [6.45, 7) is 0. The highest BCUT2D eigenvalue weighted by molar-refractivity contribution is 6.18. The van der Waals surface area contributed by atoms with Crippen LogP contribution < -0.4 is 0 Å². The molecular weight excluding hydrogens is 767 g/mol. The smallest absolute Gasteiger partial charge is 0.164 e. The van der Waals surface area contributed by atoms with Gasteiger partial charge in [0.25, 0.3) is 0 Å². The molecule has 12 aromatic rings. The van der Waals surface area contributed by atoms with Crippen LogP contribution in [0.1, 0.15) is 22.6 Å². The minimum Gasteiger partial charge on any atom is -0.309 e. The molecule has 0 N–H and O–H groups in total. The summed E-state index contributed by atoms with van der Waals surface area (Å²) in [5.41, 5.74) is 16.4. The first-order valence-electron chi connectivity index (χ1n) is 21.5. The van der Waals surface area contributed by atoms with Crippen molar-refractivity contribution in [2.75, 3.05) is 0 Å². The van der Waals surface area contributed by atoms with E-state index in [9.17, 15) is 0 Å². The van der Waals surface area contributed by atoms with Crippen molar-refractivity contribution < 1.29 is 0 Å². The molecule has 1 aliphatic carbocycles. The SMILES string of the molecule is c1ccc(-c2nc(-c3ccccc3)nc(-c3ccc(-n4c5ccccc5c5c6c(ccc54)C(c4ccc5c(c4)c4ccccc4n5-c4ccccc4)c4ccccc4-6)cc3)n2)cc1. The highest BCUT2D eigenvalue weighted by Crippen LogP contribution is 2.53. The first-order chi connectivity index (χ1) is 31.3. The van der Waals surface area contributed by atoms with Gasteiger partial charge in [0.1, 0.15) is 0 Å². The predicted molar refractivity (Wildman–Crippen MR) is 258 cm³/mol. The van der Waals surface area contributed by atoms with E-state index >= 15 is 0 Å². The maximum Gasteiger partial charge on any atom is 0.164 e.